The van der Waals surface area contributed by atoms with Gasteiger partial charge in [0.1, 0.15) is 0 Å². The SMILES string of the molecule is CCCCOC(=O)NC(CC(=O)O)CN1CC(C)SCC1=O. The predicted molar refractivity (Wildman–Crippen MR) is 83.9 cm³/mol. The summed E-state index contributed by atoms with van der Waals surface area (Å²) in [5.74, 6) is -0.660. The fourth-order valence-corrected chi connectivity index (χ4v) is 3.00. The predicted octanol–water partition coefficient (Wildman–Crippen LogP) is 1.32. The van der Waals surface area contributed by atoms with Crippen LogP contribution in [0, 0.1) is 0 Å². The van der Waals surface area contributed by atoms with Crippen LogP contribution < -0.4 is 5.32 Å². The third kappa shape index (κ3) is 7.02. The fraction of sp³-hybridized carbons (Fsp3) is 0.786. The molecule has 0 aromatic heterocycles. The molecule has 1 heterocycles. The Morgan fingerprint density at radius 3 is 2.91 bits per heavy atom. The molecule has 1 rings (SSSR count). The third-order valence-corrected chi connectivity index (χ3v) is 4.37. The highest BCUT2D eigenvalue weighted by atomic mass is 32.2. The van der Waals surface area contributed by atoms with Gasteiger partial charge < -0.3 is 20.1 Å². The number of hydrogen-bond acceptors (Lipinski definition) is 5. The Hall–Kier alpha value is -1.44. The molecule has 2 amide bonds. The largest absolute Gasteiger partial charge is 0.481 e. The zero-order valence-electron chi connectivity index (χ0n) is 13.0. The van der Waals surface area contributed by atoms with Crippen molar-refractivity contribution >= 4 is 29.7 Å². The molecule has 0 aromatic carbocycles. The van der Waals surface area contributed by atoms with Crippen LogP contribution in [-0.2, 0) is 14.3 Å². The van der Waals surface area contributed by atoms with E-state index in [4.69, 9.17) is 9.84 Å². The van der Waals surface area contributed by atoms with Crippen molar-refractivity contribution in [3.8, 4) is 0 Å². The molecule has 1 fully saturated rings. The van der Waals surface area contributed by atoms with Gasteiger partial charge in [-0.3, -0.25) is 9.59 Å². The molecule has 22 heavy (non-hydrogen) atoms. The van der Waals surface area contributed by atoms with E-state index in [0.717, 1.165) is 12.8 Å². The zero-order valence-corrected chi connectivity index (χ0v) is 13.9. The van der Waals surface area contributed by atoms with Gasteiger partial charge in [0.15, 0.2) is 0 Å². The highest BCUT2D eigenvalue weighted by molar-refractivity contribution is 8.00. The number of unbranched alkanes of at least 4 members (excludes halogenated alkanes) is 1. The smallest absolute Gasteiger partial charge is 0.407 e. The van der Waals surface area contributed by atoms with Crippen molar-refractivity contribution in [2.45, 2.75) is 44.4 Å². The summed E-state index contributed by atoms with van der Waals surface area (Å²) >= 11 is 1.58. The lowest BCUT2D eigenvalue weighted by molar-refractivity contribution is -0.138. The van der Waals surface area contributed by atoms with Crippen LogP contribution in [0.1, 0.15) is 33.1 Å². The van der Waals surface area contributed by atoms with Gasteiger partial charge in [-0.2, -0.15) is 0 Å². The second-order valence-electron chi connectivity index (χ2n) is 5.35. The highest BCUT2D eigenvalue weighted by Crippen LogP contribution is 2.19. The number of carbonyl (C=O) groups excluding carboxylic acids is 2. The van der Waals surface area contributed by atoms with E-state index >= 15 is 0 Å². The van der Waals surface area contributed by atoms with Crippen molar-refractivity contribution in [2.75, 3.05) is 25.4 Å². The van der Waals surface area contributed by atoms with Crippen LogP contribution >= 0.6 is 11.8 Å². The molecule has 1 saturated heterocycles. The molecular formula is C14H24N2O5S. The number of ether oxygens (including phenoxy) is 1. The lowest BCUT2D eigenvalue weighted by atomic mass is 10.2. The van der Waals surface area contributed by atoms with Gasteiger partial charge in [-0.25, -0.2) is 4.79 Å². The van der Waals surface area contributed by atoms with Crippen molar-refractivity contribution < 1.29 is 24.2 Å². The van der Waals surface area contributed by atoms with Gasteiger partial charge in [-0.05, 0) is 6.42 Å². The molecule has 0 radical (unpaired) electrons. The molecule has 1 aliphatic heterocycles. The second kappa shape index (κ2) is 9.55. The van der Waals surface area contributed by atoms with Crippen molar-refractivity contribution in [1.82, 2.24) is 10.2 Å². The number of alkyl carbamates (subject to hydrolysis) is 1. The molecule has 2 N–H and O–H groups in total. The van der Waals surface area contributed by atoms with Gasteiger partial charge in [-0.15, -0.1) is 11.8 Å². The lowest BCUT2D eigenvalue weighted by Crippen LogP contribution is -2.50. The van der Waals surface area contributed by atoms with Crippen molar-refractivity contribution in [3.05, 3.63) is 0 Å². The van der Waals surface area contributed by atoms with Crippen LogP contribution in [0.5, 0.6) is 0 Å². The Kier molecular flexibility index (Phi) is 8.08. The van der Waals surface area contributed by atoms with Crippen molar-refractivity contribution in [2.24, 2.45) is 0 Å². The maximum absolute atomic E-state index is 11.9. The summed E-state index contributed by atoms with van der Waals surface area (Å²) < 4.78 is 4.98. The van der Waals surface area contributed by atoms with Crippen molar-refractivity contribution in [3.63, 3.8) is 0 Å². The summed E-state index contributed by atoms with van der Waals surface area (Å²) in [5.41, 5.74) is 0. The first-order valence-electron chi connectivity index (χ1n) is 7.46. The van der Waals surface area contributed by atoms with Crippen LogP contribution in [0.4, 0.5) is 4.79 Å². The quantitative estimate of drug-likeness (QED) is 0.651. The Bertz CT molecular complexity index is 405. The molecule has 126 valence electrons. The minimum Gasteiger partial charge on any atom is -0.481 e. The Labute approximate surface area is 134 Å². The Morgan fingerprint density at radius 1 is 1.55 bits per heavy atom. The number of carboxylic acid groups (broad SMARTS) is 1. The standard InChI is InChI=1S/C14H24N2O5S/c1-3-4-5-21-14(20)15-11(6-13(18)19)8-16-7-10(2)22-9-12(16)17/h10-11H,3-9H2,1-2H3,(H,15,20)(H,18,19). The number of nitrogens with zero attached hydrogens (tertiary/aromatic N) is 1. The van der Waals surface area contributed by atoms with Crippen LogP contribution in [-0.4, -0.2) is 64.7 Å². The van der Waals surface area contributed by atoms with Crippen LogP contribution in [0.2, 0.25) is 0 Å². The number of aliphatic carboxylic acids is 1. The van der Waals surface area contributed by atoms with E-state index in [-0.39, 0.29) is 18.9 Å². The number of hydrogen-bond donors (Lipinski definition) is 2. The summed E-state index contributed by atoms with van der Waals surface area (Å²) in [6, 6.07) is -0.647. The minimum atomic E-state index is -1.02. The number of rotatable bonds is 8. The molecule has 2 atom stereocenters. The van der Waals surface area contributed by atoms with Crippen LogP contribution in [0.25, 0.3) is 0 Å². The van der Waals surface area contributed by atoms with Crippen molar-refractivity contribution in [1.29, 1.82) is 0 Å². The minimum absolute atomic E-state index is 0.0281. The van der Waals surface area contributed by atoms with E-state index in [1.807, 2.05) is 13.8 Å². The maximum atomic E-state index is 11.9. The van der Waals surface area contributed by atoms with Gasteiger partial charge in [0.25, 0.3) is 0 Å². The Morgan fingerprint density at radius 2 is 2.27 bits per heavy atom. The molecule has 0 aliphatic carbocycles. The summed E-state index contributed by atoms with van der Waals surface area (Å²) in [4.78, 5) is 36.1. The van der Waals surface area contributed by atoms with E-state index in [1.54, 1.807) is 16.7 Å². The van der Waals surface area contributed by atoms with E-state index < -0.39 is 18.1 Å². The van der Waals surface area contributed by atoms with E-state index in [9.17, 15) is 14.4 Å². The average Bonchev–Trinajstić information content (AvgIpc) is 2.42. The number of nitrogens with one attached hydrogen (secondary N) is 1. The third-order valence-electron chi connectivity index (χ3n) is 3.24. The van der Waals surface area contributed by atoms with E-state index in [0.29, 0.717) is 24.2 Å². The van der Waals surface area contributed by atoms with Crippen LogP contribution in [0.15, 0.2) is 0 Å². The monoisotopic (exact) mass is 332 g/mol. The zero-order chi connectivity index (χ0) is 16.5. The van der Waals surface area contributed by atoms with Gasteiger partial charge in [-0.1, -0.05) is 20.3 Å². The summed E-state index contributed by atoms with van der Waals surface area (Å²) in [6.45, 7) is 5.06. The highest BCUT2D eigenvalue weighted by Gasteiger charge is 2.27. The van der Waals surface area contributed by atoms with E-state index in [1.165, 1.54) is 0 Å². The van der Waals surface area contributed by atoms with E-state index in [2.05, 4.69) is 5.32 Å². The molecule has 1 aliphatic rings. The topological polar surface area (TPSA) is 95.9 Å². The molecular weight excluding hydrogens is 308 g/mol. The normalized spacial score (nSPS) is 19.6. The first-order valence-corrected chi connectivity index (χ1v) is 8.51. The first-order chi connectivity index (χ1) is 10.4. The fourth-order valence-electron chi connectivity index (χ4n) is 2.10. The van der Waals surface area contributed by atoms with Crippen LogP contribution in [0.3, 0.4) is 0 Å². The summed E-state index contributed by atoms with van der Waals surface area (Å²) in [7, 11) is 0. The number of carbonyl (C=O) groups is 3. The summed E-state index contributed by atoms with van der Waals surface area (Å²) in [6.07, 6.45) is 0.792. The molecule has 0 saturated carbocycles. The van der Waals surface area contributed by atoms with Gasteiger partial charge in [0.05, 0.1) is 24.8 Å². The first kappa shape index (κ1) is 18.6. The molecule has 7 nitrogen and oxygen atoms in total. The maximum Gasteiger partial charge on any atom is 0.407 e. The Balaban J connectivity index is 2.54. The average molecular weight is 332 g/mol. The molecule has 2 unspecified atom stereocenters. The van der Waals surface area contributed by atoms with Gasteiger partial charge >= 0.3 is 12.1 Å². The second-order valence-corrected chi connectivity index (χ2v) is 6.78. The molecule has 0 aromatic rings. The number of thioether (sulfide) groups is 1. The number of amides is 2. The number of carboxylic acids is 1. The summed E-state index contributed by atoms with van der Waals surface area (Å²) in [5, 5.41) is 11.8. The molecule has 8 heteroatoms. The molecule has 0 spiro atoms. The lowest BCUT2D eigenvalue weighted by Gasteiger charge is -2.33. The van der Waals surface area contributed by atoms with Gasteiger partial charge in [0, 0.05) is 18.3 Å². The van der Waals surface area contributed by atoms with Gasteiger partial charge in [0.2, 0.25) is 5.91 Å². The molecule has 0 bridgehead atoms.